The van der Waals surface area contributed by atoms with E-state index < -0.39 is 0 Å². The van der Waals surface area contributed by atoms with Crippen molar-refractivity contribution < 1.29 is 8.78 Å². The molecule has 0 aliphatic heterocycles. The third kappa shape index (κ3) is 3.65. The van der Waals surface area contributed by atoms with Gasteiger partial charge in [0.25, 0.3) is 5.56 Å². The molecule has 3 nitrogen and oxygen atoms in total. The molecule has 0 aliphatic carbocycles. The lowest BCUT2D eigenvalue weighted by Gasteiger charge is -2.05. The molecule has 2 aromatic heterocycles. The van der Waals surface area contributed by atoms with E-state index in [2.05, 4.69) is 4.98 Å². The number of benzene rings is 3. The second-order valence-electron chi connectivity index (χ2n) is 6.91. The summed E-state index contributed by atoms with van der Waals surface area (Å²) in [4.78, 5) is 18.5. The lowest BCUT2D eigenvalue weighted by atomic mass is 10.0. The fraction of sp³-hybridized carbons (Fsp3) is 0. The molecular weight excluding hydrogens is 438 g/mol. The van der Waals surface area contributed by atoms with Crippen LogP contribution in [0.5, 0.6) is 0 Å². The van der Waals surface area contributed by atoms with Gasteiger partial charge >= 0.3 is 0 Å². The van der Waals surface area contributed by atoms with E-state index in [4.69, 9.17) is 11.6 Å². The number of nitrogens with zero attached hydrogens (tertiary/aromatic N) is 2. The zero-order chi connectivity index (χ0) is 21.5. The summed E-state index contributed by atoms with van der Waals surface area (Å²) in [5, 5.41) is 0.614. The SMILES string of the molecule is O=c1/c(=C/c2ccc(Cl)cc2)sc2nc(-c3ccc(F)cc3)c(-c3ccc(F)cc3)n12. The highest BCUT2D eigenvalue weighted by Gasteiger charge is 2.20. The molecule has 7 heteroatoms. The molecule has 0 unspecified atom stereocenters. The van der Waals surface area contributed by atoms with Crippen LogP contribution in [-0.4, -0.2) is 9.38 Å². The summed E-state index contributed by atoms with van der Waals surface area (Å²) in [6, 6.07) is 19.0. The van der Waals surface area contributed by atoms with Crippen molar-refractivity contribution in [3.05, 3.63) is 110 Å². The van der Waals surface area contributed by atoms with Crippen LogP contribution in [0.25, 0.3) is 33.6 Å². The molecule has 0 bridgehead atoms. The van der Waals surface area contributed by atoms with Gasteiger partial charge in [-0.25, -0.2) is 18.2 Å². The lowest BCUT2D eigenvalue weighted by Crippen LogP contribution is -2.23. The lowest BCUT2D eigenvalue weighted by molar-refractivity contribution is 0.627. The summed E-state index contributed by atoms with van der Waals surface area (Å²) in [5.74, 6) is -0.741. The van der Waals surface area contributed by atoms with Gasteiger partial charge in [0.15, 0.2) is 4.96 Å². The van der Waals surface area contributed by atoms with Gasteiger partial charge in [-0.1, -0.05) is 35.1 Å². The zero-order valence-corrected chi connectivity index (χ0v) is 17.4. The molecule has 0 fully saturated rings. The van der Waals surface area contributed by atoms with Crippen LogP contribution in [0, 0.1) is 11.6 Å². The Balaban J connectivity index is 1.78. The molecule has 3 aromatic carbocycles. The Labute approximate surface area is 184 Å². The van der Waals surface area contributed by atoms with Crippen molar-refractivity contribution in [1.29, 1.82) is 0 Å². The molecule has 31 heavy (non-hydrogen) atoms. The van der Waals surface area contributed by atoms with Gasteiger partial charge in [0, 0.05) is 16.1 Å². The van der Waals surface area contributed by atoms with Crippen molar-refractivity contribution >= 4 is 34.0 Å². The quantitative estimate of drug-likeness (QED) is 0.360. The summed E-state index contributed by atoms with van der Waals surface area (Å²) in [6.45, 7) is 0. The van der Waals surface area contributed by atoms with Gasteiger partial charge in [0.2, 0.25) is 0 Å². The highest BCUT2D eigenvalue weighted by molar-refractivity contribution is 7.15. The summed E-state index contributed by atoms with van der Waals surface area (Å²) in [5.41, 5.74) is 3.00. The predicted octanol–water partition coefficient (Wildman–Crippen LogP) is 5.57. The van der Waals surface area contributed by atoms with Gasteiger partial charge in [-0.3, -0.25) is 4.79 Å². The fourth-order valence-electron chi connectivity index (χ4n) is 3.39. The van der Waals surface area contributed by atoms with Gasteiger partial charge in [0.1, 0.15) is 11.6 Å². The van der Waals surface area contributed by atoms with E-state index in [1.807, 2.05) is 12.1 Å². The maximum absolute atomic E-state index is 13.5. The van der Waals surface area contributed by atoms with Gasteiger partial charge in [-0.15, -0.1) is 0 Å². The molecule has 0 amide bonds. The maximum atomic E-state index is 13.5. The smallest absolute Gasteiger partial charge is 0.267 e. The first-order valence-corrected chi connectivity index (χ1v) is 10.5. The highest BCUT2D eigenvalue weighted by atomic mass is 35.5. The van der Waals surface area contributed by atoms with Crippen LogP contribution in [0.3, 0.4) is 0 Å². The predicted molar refractivity (Wildman–Crippen MR) is 120 cm³/mol. The molecule has 0 atom stereocenters. The van der Waals surface area contributed by atoms with Crippen LogP contribution in [0.1, 0.15) is 5.56 Å². The minimum Gasteiger partial charge on any atom is -0.267 e. The van der Waals surface area contributed by atoms with Gasteiger partial charge in [-0.2, -0.15) is 0 Å². The van der Waals surface area contributed by atoms with Crippen LogP contribution in [-0.2, 0) is 0 Å². The third-order valence-corrected chi connectivity index (χ3v) is 6.09. The van der Waals surface area contributed by atoms with Crippen molar-refractivity contribution in [1.82, 2.24) is 9.38 Å². The normalized spacial score (nSPS) is 12.0. The molecular formula is C24H13ClF2N2OS. The molecule has 5 rings (SSSR count). The van der Waals surface area contributed by atoms with Gasteiger partial charge in [0.05, 0.1) is 15.9 Å². The molecule has 2 heterocycles. The van der Waals surface area contributed by atoms with E-state index in [1.165, 1.54) is 40.0 Å². The number of hydrogen-bond acceptors (Lipinski definition) is 3. The molecule has 152 valence electrons. The third-order valence-electron chi connectivity index (χ3n) is 4.86. The van der Waals surface area contributed by atoms with Crippen molar-refractivity contribution in [2.45, 2.75) is 0 Å². The first-order valence-electron chi connectivity index (χ1n) is 9.34. The van der Waals surface area contributed by atoms with Crippen LogP contribution < -0.4 is 10.1 Å². The Morgan fingerprint density at radius 2 is 1.42 bits per heavy atom. The molecule has 0 saturated heterocycles. The van der Waals surface area contributed by atoms with E-state index >= 15 is 0 Å². The summed E-state index contributed by atoms with van der Waals surface area (Å²) < 4.78 is 29.0. The highest BCUT2D eigenvalue weighted by Crippen LogP contribution is 2.32. The number of fused-ring (bicyclic) bond motifs is 1. The van der Waals surface area contributed by atoms with Crippen molar-refractivity contribution in [2.24, 2.45) is 0 Å². The van der Waals surface area contributed by atoms with E-state index in [9.17, 15) is 13.6 Å². The van der Waals surface area contributed by atoms with Crippen molar-refractivity contribution in [3.8, 4) is 22.5 Å². The first kappa shape index (κ1) is 19.6. The average molecular weight is 451 g/mol. The van der Waals surface area contributed by atoms with E-state index in [0.29, 0.717) is 37.0 Å². The maximum Gasteiger partial charge on any atom is 0.274 e. The number of aromatic nitrogens is 2. The Morgan fingerprint density at radius 1 is 0.839 bits per heavy atom. The number of halogens is 3. The number of imidazole rings is 1. The van der Waals surface area contributed by atoms with Crippen LogP contribution in [0.15, 0.2) is 77.6 Å². The standard InChI is InChI=1S/C24H13ClF2N2OS/c25-17-7-1-14(2-8-17)13-20-23(30)29-22(16-5-11-19(27)12-6-16)21(28-24(29)31-20)15-3-9-18(26)10-4-15/h1-13H/b20-13-. The topological polar surface area (TPSA) is 34.4 Å². The number of rotatable bonds is 3. The minimum absolute atomic E-state index is 0.227. The molecule has 0 saturated carbocycles. The van der Waals surface area contributed by atoms with Crippen LogP contribution in [0.4, 0.5) is 8.78 Å². The molecule has 0 spiro atoms. The van der Waals surface area contributed by atoms with Crippen LogP contribution >= 0.6 is 22.9 Å². The van der Waals surface area contributed by atoms with Crippen molar-refractivity contribution in [2.75, 3.05) is 0 Å². The minimum atomic E-state index is -0.378. The zero-order valence-electron chi connectivity index (χ0n) is 15.9. The monoisotopic (exact) mass is 450 g/mol. The largest absolute Gasteiger partial charge is 0.274 e. The molecule has 5 aromatic rings. The second-order valence-corrected chi connectivity index (χ2v) is 8.35. The second kappa shape index (κ2) is 7.72. The van der Waals surface area contributed by atoms with Gasteiger partial charge < -0.3 is 0 Å². The molecule has 0 aliphatic rings. The fourth-order valence-corrected chi connectivity index (χ4v) is 4.49. The van der Waals surface area contributed by atoms with Gasteiger partial charge in [-0.05, 0) is 72.3 Å². The van der Waals surface area contributed by atoms with Crippen LogP contribution in [0.2, 0.25) is 5.02 Å². The van der Waals surface area contributed by atoms with E-state index in [0.717, 1.165) is 5.56 Å². The van der Waals surface area contributed by atoms with E-state index in [1.54, 1.807) is 42.5 Å². The summed E-state index contributed by atoms with van der Waals surface area (Å²) in [6.07, 6.45) is 1.78. The number of thiazole rings is 1. The summed E-state index contributed by atoms with van der Waals surface area (Å²) >= 11 is 7.20. The Morgan fingerprint density at radius 3 is 2.03 bits per heavy atom. The molecule has 0 N–H and O–H groups in total. The Bertz CT molecular complexity index is 1510. The summed E-state index contributed by atoms with van der Waals surface area (Å²) in [7, 11) is 0. The average Bonchev–Trinajstić information content (AvgIpc) is 3.28. The van der Waals surface area contributed by atoms with Crippen molar-refractivity contribution in [3.63, 3.8) is 0 Å². The Hall–Kier alpha value is -3.35. The number of hydrogen-bond donors (Lipinski definition) is 0. The molecule has 0 radical (unpaired) electrons. The van der Waals surface area contributed by atoms with E-state index in [-0.39, 0.29) is 17.2 Å². The Kier molecular flexibility index (Phi) is 4.88. The first-order chi connectivity index (χ1) is 15.0.